The lowest BCUT2D eigenvalue weighted by atomic mass is 10.1. The maximum Gasteiger partial charge on any atom is 0.241 e. The summed E-state index contributed by atoms with van der Waals surface area (Å²) in [5, 5.41) is 2.84. The third-order valence-corrected chi connectivity index (χ3v) is 3.63. The quantitative estimate of drug-likeness (QED) is 0.874. The van der Waals surface area contributed by atoms with Gasteiger partial charge in [0, 0.05) is 24.5 Å². The van der Waals surface area contributed by atoms with Crippen molar-refractivity contribution < 1.29 is 4.79 Å². The third kappa shape index (κ3) is 3.70. The van der Waals surface area contributed by atoms with Crippen molar-refractivity contribution in [2.45, 2.75) is 38.6 Å². The number of benzene rings is 1. The standard InChI is InChI=1S/C15H23N3O/c1-2-14(16)15(19)17-12-6-8-13(9-7-12)18-10-4-3-5-11-18/h6-9,14H,2-5,10-11,16H2,1H3,(H,17,19)/t14-/m1/s1. The van der Waals surface area contributed by atoms with Gasteiger partial charge >= 0.3 is 0 Å². The van der Waals surface area contributed by atoms with Gasteiger partial charge in [-0.3, -0.25) is 4.79 Å². The van der Waals surface area contributed by atoms with Crippen LogP contribution in [0.5, 0.6) is 0 Å². The number of rotatable bonds is 4. The van der Waals surface area contributed by atoms with E-state index in [1.807, 2.05) is 19.1 Å². The minimum absolute atomic E-state index is 0.117. The molecule has 0 bridgehead atoms. The number of nitrogens with two attached hydrogens (primary N) is 1. The van der Waals surface area contributed by atoms with Gasteiger partial charge in [0.25, 0.3) is 0 Å². The molecule has 0 saturated carbocycles. The molecule has 19 heavy (non-hydrogen) atoms. The zero-order valence-corrected chi connectivity index (χ0v) is 11.6. The summed E-state index contributed by atoms with van der Waals surface area (Å²) in [6.07, 6.45) is 4.52. The van der Waals surface area contributed by atoms with Gasteiger partial charge in [-0.15, -0.1) is 0 Å². The minimum Gasteiger partial charge on any atom is -0.372 e. The molecule has 1 aliphatic rings. The summed E-state index contributed by atoms with van der Waals surface area (Å²) in [6.45, 7) is 4.17. The van der Waals surface area contributed by atoms with Crippen LogP contribution in [0.4, 0.5) is 11.4 Å². The highest BCUT2D eigenvalue weighted by Gasteiger charge is 2.12. The Morgan fingerprint density at radius 3 is 2.47 bits per heavy atom. The van der Waals surface area contributed by atoms with Crippen molar-refractivity contribution in [1.82, 2.24) is 0 Å². The number of carbonyl (C=O) groups is 1. The lowest BCUT2D eigenvalue weighted by Gasteiger charge is -2.28. The molecular formula is C15H23N3O. The van der Waals surface area contributed by atoms with Crippen molar-refractivity contribution in [2.75, 3.05) is 23.3 Å². The Hall–Kier alpha value is -1.55. The fourth-order valence-electron chi connectivity index (χ4n) is 2.33. The average molecular weight is 261 g/mol. The Labute approximate surface area is 115 Å². The molecular weight excluding hydrogens is 238 g/mol. The second-order valence-corrected chi connectivity index (χ2v) is 5.10. The summed E-state index contributed by atoms with van der Waals surface area (Å²) in [6, 6.07) is 7.60. The van der Waals surface area contributed by atoms with Crippen molar-refractivity contribution in [1.29, 1.82) is 0 Å². The average Bonchev–Trinajstić information content (AvgIpc) is 2.48. The summed E-state index contributed by atoms with van der Waals surface area (Å²) in [4.78, 5) is 14.1. The van der Waals surface area contributed by atoms with Crippen LogP contribution in [0.2, 0.25) is 0 Å². The van der Waals surface area contributed by atoms with E-state index in [9.17, 15) is 4.79 Å². The Morgan fingerprint density at radius 1 is 1.26 bits per heavy atom. The smallest absolute Gasteiger partial charge is 0.241 e. The van der Waals surface area contributed by atoms with E-state index in [0.717, 1.165) is 18.8 Å². The van der Waals surface area contributed by atoms with Crippen LogP contribution < -0.4 is 16.0 Å². The molecule has 1 heterocycles. The summed E-state index contributed by atoms with van der Waals surface area (Å²) < 4.78 is 0. The van der Waals surface area contributed by atoms with Gasteiger partial charge in [-0.2, -0.15) is 0 Å². The van der Waals surface area contributed by atoms with Gasteiger partial charge in [-0.25, -0.2) is 0 Å². The molecule has 0 aliphatic carbocycles. The number of piperidine rings is 1. The number of hydrogen-bond acceptors (Lipinski definition) is 3. The number of hydrogen-bond donors (Lipinski definition) is 2. The maximum atomic E-state index is 11.7. The lowest BCUT2D eigenvalue weighted by molar-refractivity contribution is -0.117. The van der Waals surface area contributed by atoms with Crippen LogP contribution in [0.3, 0.4) is 0 Å². The van der Waals surface area contributed by atoms with Crippen LogP contribution in [0.1, 0.15) is 32.6 Å². The molecule has 0 unspecified atom stereocenters. The lowest BCUT2D eigenvalue weighted by Crippen LogP contribution is -2.34. The molecule has 1 aromatic carbocycles. The number of nitrogens with one attached hydrogen (secondary N) is 1. The van der Waals surface area contributed by atoms with E-state index in [-0.39, 0.29) is 5.91 Å². The van der Waals surface area contributed by atoms with E-state index in [4.69, 9.17) is 5.73 Å². The van der Waals surface area contributed by atoms with Gasteiger partial charge in [0.05, 0.1) is 6.04 Å². The van der Waals surface area contributed by atoms with Crippen LogP contribution in [-0.4, -0.2) is 25.0 Å². The van der Waals surface area contributed by atoms with Crippen molar-refractivity contribution in [3.05, 3.63) is 24.3 Å². The van der Waals surface area contributed by atoms with Gasteiger partial charge < -0.3 is 16.0 Å². The minimum atomic E-state index is -0.429. The van der Waals surface area contributed by atoms with Gasteiger partial charge in [0.15, 0.2) is 0 Å². The van der Waals surface area contributed by atoms with Crippen molar-refractivity contribution in [3.8, 4) is 0 Å². The monoisotopic (exact) mass is 261 g/mol. The first-order chi connectivity index (χ1) is 9.20. The molecule has 4 nitrogen and oxygen atoms in total. The topological polar surface area (TPSA) is 58.4 Å². The molecule has 104 valence electrons. The Kier molecular flexibility index (Phi) is 4.80. The number of carbonyl (C=O) groups excluding carboxylic acids is 1. The Morgan fingerprint density at radius 2 is 1.89 bits per heavy atom. The molecule has 1 aromatic rings. The zero-order chi connectivity index (χ0) is 13.7. The molecule has 1 saturated heterocycles. The largest absolute Gasteiger partial charge is 0.372 e. The molecule has 1 fully saturated rings. The maximum absolute atomic E-state index is 11.7. The van der Waals surface area contributed by atoms with Crippen molar-refractivity contribution in [2.24, 2.45) is 5.73 Å². The highest BCUT2D eigenvalue weighted by molar-refractivity contribution is 5.94. The van der Waals surface area contributed by atoms with Crippen LogP contribution in [0.15, 0.2) is 24.3 Å². The fourth-order valence-corrected chi connectivity index (χ4v) is 2.33. The number of nitrogens with zero attached hydrogens (tertiary/aromatic N) is 1. The third-order valence-electron chi connectivity index (χ3n) is 3.63. The summed E-state index contributed by atoms with van der Waals surface area (Å²) in [5.74, 6) is -0.117. The zero-order valence-electron chi connectivity index (χ0n) is 11.6. The van der Waals surface area contributed by atoms with E-state index in [0.29, 0.717) is 6.42 Å². The molecule has 1 amide bonds. The fraction of sp³-hybridized carbons (Fsp3) is 0.533. The van der Waals surface area contributed by atoms with E-state index in [1.165, 1.54) is 24.9 Å². The van der Waals surface area contributed by atoms with E-state index in [2.05, 4.69) is 22.3 Å². The van der Waals surface area contributed by atoms with Crippen LogP contribution >= 0.6 is 0 Å². The van der Waals surface area contributed by atoms with Crippen LogP contribution in [0.25, 0.3) is 0 Å². The first-order valence-corrected chi connectivity index (χ1v) is 7.12. The molecule has 1 atom stereocenters. The number of amides is 1. The Bertz CT molecular complexity index is 410. The first kappa shape index (κ1) is 13.9. The normalized spacial score (nSPS) is 17.1. The van der Waals surface area contributed by atoms with E-state index >= 15 is 0 Å². The molecule has 0 radical (unpaired) electrons. The predicted molar refractivity (Wildman–Crippen MR) is 79.4 cm³/mol. The highest BCUT2D eigenvalue weighted by atomic mass is 16.2. The second kappa shape index (κ2) is 6.57. The second-order valence-electron chi connectivity index (χ2n) is 5.10. The van der Waals surface area contributed by atoms with Gasteiger partial charge in [0.2, 0.25) is 5.91 Å². The molecule has 4 heteroatoms. The summed E-state index contributed by atoms with van der Waals surface area (Å²) in [5.41, 5.74) is 7.74. The van der Waals surface area contributed by atoms with E-state index in [1.54, 1.807) is 0 Å². The van der Waals surface area contributed by atoms with Gasteiger partial charge in [0.1, 0.15) is 0 Å². The highest BCUT2D eigenvalue weighted by Crippen LogP contribution is 2.21. The summed E-state index contributed by atoms with van der Waals surface area (Å²) in [7, 11) is 0. The van der Waals surface area contributed by atoms with E-state index < -0.39 is 6.04 Å². The van der Waals surface area contributed by atoms with Crippen molar-refractivity contribution in [3.63, 3.8) is 0 Å². The summed E-state index contributed by atoms with van der Waals surface area (Å²) >= 11 is 0. The van der Waals surface area contributed by atoms with Crippen LogP contribution in [0, 0.1) is 0 Å². The predicted octanol–water partition coefficient (Wildman–Crippen LogP) is 2.35. The van der Waals surface area contributed by atoms with Crippen LogP contribution in [-0.2, 0) is 4.79 Å². The molecule has 0 spiro atoms. The first-order valence-electron chi connectivity index (χ1n) is 7.12. The molecule has 3 N–H and O–H groups in total. The van der Waals surface area contributed by atoms with Gasteiger partial charge in [-0.05, 0) is 49.9 Å². The number of anilines is 2. The molecule has 1 aliphatic heterocycles. The molecule has 2 rings (SSSR count). The van der Waals surface area contributed by atoms with Crippen molar-refractivity contribution >= 4 is 17.3 Å². The van der Waals surface area contributed by atoms with Gasteiger partial charge in [-0.1, -0.05) is 6.92 Å². The SMILES string of the molecule is CC[C@@H](N)C(=O)Nc1ccc(N2CCCCC2)cc1. The molecule has 0 aromatic heterocycles. The Balaban J connectivity index is 1.96.